The van der Waals surface area contributed by atoms with Crippen molar-refractivity contribution in [1.82, 2.24) is 0 Å². The maximum absolute atomic E-state index is 8.25. The Morgan fingerprint density at radius 1 is 0.298 bits per heavy atom. The van der Waals surface area contributed by atoms with Crippen molar-refractivity contribution in [1.29, 1.82) is 0 Å². The molecule has 0 unspecified atom stereocenters. The highest BCUT2D eigenvalue weighted by Gasteiger charge is 2.25. The molecule has 0 heterocycles. The van der Waals surface area contributed by atoms with Gasteiger partial charge in [0, 0.05) is 0 Å². The Hall–Kier alpha value is -0.840. The zero-order valence-corrected chi connectivity index (χ0v) is 33.0. The average Bonchev–Trinajstić information content (AvgIpc) is 3.05. The van der Waals surface area contributed by atoms with Gasteiger partial charge >= 0.3 is 0 Å². The van der Waals surface area contributed by atoms with Gasteiger partial charge in [-0.15, -0.1) is 0 Å². The Morgan fingerprint density at radius 3 is 0.596 bits per heavy atom. The van der Waals surface area contributed by atoms with Crippen LogP contribution in [0, 0.1) is 15.3 Å². The molecular formula is C42H88N2O3. The molecule has 5 heteroatoms. The van der Waals surface area contributed by atoms with E-state index in [0.29, 0.717) is 0 Å². The highest BCUT2D eigenvalue weighted by atomic mass is 16.9. The Labute approximate surface area is 296 Å². The monoisotopic (exact) mass is 669 g/mol. The van der Waals surface area contributed by atoms with Crippen LogP contribution in [0.1, 0.15) is 246 Å². The molecule has 0 radical (unpaired) electrons. The zero-order valence-electron chi connectivity index (χ0n) is 33.0. The summed E-state index contributed by atoms with van der Waals surface area (Å²) >= 11 is 0. The highest BCUT2D eigenvalue weighted by Crippen LogP contribution is 2.21. The lowest BCUT2D eigenvalue weighted by Crippen LogP contribution is -2.50. The summed E-state index contributed by atoms with van der Waals surface area (Å²) in [5.74, 6) is 0. The van der Waals surface area contributed by atoms with E-state index in [1.807, 2.05) is 0 Å². The lowest BCUT2D eigenvalue weighted by molar-refractivity contribution is -0.929. The molecule has 47 heavy (non-hydrogen) atoms. The Balaban J connectivity index is 0. The molecule has 0 aliphatic heterocycles. The molecule has 5 nitrogen and oxygen atoms in total. The van der Waals surface area contributed by atoms with Crippen molar-refractivity contribution in [2.24, 2.45) is 0 Å². The van der Waals surface area contributed by atoms with E-state index < -0.39 is 5.09 Å². The molecule has 0 saturated heterocycles. The molecule has 0 rings (SSSR count). The van der Waals surface area contributed by atoms with E-state index in [-0.39, 0.29) is 0 Å². The third kappa shape index (κ3) is 41.2. The normalized spacial score (nSPS) is 11.5. The number of nitrogens with zero attached hydrogens (tertiary/aromatic N) is 2. The van der Waals surface area contributed by atoms with Crippen molar-refractivity contribution in [3.63, 3.8) is 0 Å². The minimum atomic E-state index is -1.75. The van der Waals surface area contributed by atoms with Gasteiger partial charge in [-0.2, -0.15) is 0 Å². The van der Waals surface area contributed by atoms with Crippen molar-refractivity contribution in [3.8, 4) is 0 Å². The second-order valence-electron chi connectivity index (χ2n) is 15.1. The van der Waals surface area contributed by atoms with Crippen LogP contribution in [0.5, 0.6) is 0 Å². The fraction of sp³-hybridized carbons (Fsp3) is 1.00. The van der Waals surface area contributed by atoms with E-state index in [1.165, 1.54) is 249 Å². The van der Waals surface area contributed by atoms with Gasteiger partial charge in [-0.3, -0.25) is 0 Å². The standard InChI is InChI=1S/C42H88N.NO3/c1-5-9-13-17-20-23-26-29-32-36-40-43(39-35-16-12-8-4,41-37-33-30-27-24-21-18-14-10-6-2)42-38-34-31-28-25-22-19-15-11-7-3;2-1(3)4/h5-42H2,1-4H3;/q+1;-1. The first-order valence-electron chi connectivity index (χ1n) is 21.6. The van der Waals surface area contributed by atoms with E-state index >= 15 is 0 Å². The van der Waals surface area contributed by atoms with Gasteiger partial charge in [-0.25, -0.2) is 0 Å². The van der Waals surface area contributed by atoms with E-state index in [9.17, 15) is 0 Å². The van der Waals surface area contributed by atoms with Crippen molar-refractivity contribution in [2.75, 3.05) is 26.2 Å². The fourth-order valence-corrected chi connectivity index (χ4v) is 7.35. The van der Waals surface area contributed by atoms with Crippen LogP contribution >= 0.6 is 0 Å². The summed E-state index contributed by atoms with van der Waals surface area (Å²) in [7, 11) is 0. The molecule has 0 aromatic heterocycles. The number of rotatable bonds is 38. The van der Waals surface area contributed by atoms with Crippen LogP contribution in [-0.4, -0.2) is 35.7 Å². The molecule has 0 bridgehead atoms. The molecule has 0 aliphatic carbocycles. The Morgan fingerprint density at radius 2 is 0.426 bits per heavy atom. The lowest BCUT2D eigenvalue weighted by atomic mass is 10.0. The number of quaternary nitrogens is 1. The smallest absolute Gasteiger partial charge is 0.0786 e. The molecule has 0 saturated carbocycles. The summed E-state index contributed by atoms with van der Waals surface area (Å²) in [6, 6.07) is 0. The van der Waals surface area contributed by atoms with Gasteiger partial charge in [0.05, 0.1) is 31.3 Å². The van der Waals surface area contributed by atoms with Gasteiger partial charge in [-0.1, -0.05) is 195 Å². The predicted octanol–water partition coefficient (Wildman–Crippen LogP) is 14.9. The van der Waals surface area contributed by atoms with Gasteiger partial charge in [0.25, 0.3) is 0 Å². The van der Waals surface area contributed by atoms with Crippen LogP contribution in [0.25, 0.3) is 0 Å². The van der Waals surface area contributed by atoms with Crippen LogP contribution in [0.2, 0.25) is 0 Å². The van der Waals surface area contributed by atoms with Gasteiger partial charge in [0.1, 0.15) is 0 Å². The average molecular weight is 669 g/mol. The number of hydrogen-bond donors (Lipinski definition) is 0. The third-order valence-corrected chi connectivity index (χ3v) is 10.4. The van der Waals surface area contributed by atoms with Crippen LogP contribution in [-0.2, 0) is 0 Å². The topological polar surface area (TPSA) is 66.2 Å². The van der Waals surface area contributed by atoms with Crippen molar-refractivity contribution in [3.05, 3.63) is 15.3 Å². The van der Waals surface area contributed by atoms with Gasteiger partial charge in [-0.05, 0) is 51.4 Å². The highest BCUT2D eigenvalue weighted by molar-refractivity contribution is 4.56. The second kappa shape index (κ2) is 41.3. The molecule has 284 valence electrons. The van der Waals surface area contributed by atoms with Crippen molar-refractivity contribution >= 4 is 0 Å². The summed E-state index contributed by atoms with van der Waals surface area (Å²) in [5.41, 5.74) is 0. The Bertz CT molecular complexity index is 522. The second-order valence-corrected chi connectivity index (χ2v) is 15.1. The van der Waals surface area contributed by atoms with Crippen LogP contribution < -0.4 is 0 Å². The fourth-order valence-electron chi connectivity index (χ4n) is 7.35. The van der Waals surface area contributed by atoms with E-state index in [1.54, 1.807) is 0 Å². The summed E-state index contributed by atoms with van der Waals surface area (Å²) in [6.45, 7) is 15.3. The van der Waals surface area contributed by atoms with E-state index in [4.69, 9.17) is 15.3 Å². The third-order valence-electron chi connectivity index (χ3n) is 10.4. The molecule has 0 atom stereocenters. The van der Waals surface area contributed by atoms with Crippen LogP contribution in [0.15, 0.2) is 0 Å². The molecule has 0 N–H and O–H groups in total. The Kier molecular flexibility index (Phi) is 42.5. The zero-order chi connectivity index (χ0) is 34.9. The summed E-state index contributed by atoms with van der Waals surface area (Å²) in [5, 5.41) is 14.8. The predicted molar refractivity (Wildman–Crippen MR) is 210 cm³/mol. The first kappa shape index (κ1) is 48.3. The van der Waals surface area contributed by atoms with Gasteiger partial charge < -0.3 is 19.8 Å². The summed E-state index contributed by atoms with van der Waals surface area (Å²) in [6.07, 6.45) is 49.7. The van der Waals surface area contributed by atoms with Crippen LogP contribution in [0.4, 0.5) is 0 Å². The largest absolute Gasteiger partial charge is 0.356 e. The molecular weight excluding hydrogens is 580 g/mol. The van der Waals surface area contributed by atoms with Gasteiger partial charge in [0.15, 0.2) is 0 Å². The molecule has 0 fully saturated rings. The maximum atomic E-state index is 8.25. The summed E-state index contributed by atoms with van der Waals surface area (Å²) < 4.78 is 1.48. The molecule has 0 aromatic rings. The lowest BCUT2D eigenvalue weighted by Gasteiger charge is -2.40. The van der Waals surface area contributed by atoms with Gasteiger partial charge in [0.2, 0.25) is 0 Å². The molecule has 0 amide bonds. The SMILES string of the molecule is CCCCCCCCCCCC[N+](CCCCCC)(CCCCCCCCCCCC)CCCCCCCCCCCC.O=[N+]([O-])[O-]. The molecule has 0 aliphatic rings. The first-order valence-corrected chi connectivity index (χ1v) is 21.6. The maximum Gasteiger partial charge on any atom is 0.0786 e. The molecule has 0 spiro atoms. The van der Waals surface area contributed by atoms with E-state index in [0.717, 1.165) is 0 Å². The molecule has 0 aromatic carbocycles. The van der Waals surface area contributed by atoms with E-state index in [2.05, 4.69) is 27.7 Å². The van der Waals surface area contributed by atoms with Crippen molar-refractivity contribution in [2.45, 2.75) is 246 Å². The van der Waals surface area contributed by atoms with Crippen molar-refractivity contribution < 1.29 is 9.57 Å². The van der Waals surface area contributed by atoms with Crippen LogP contribution in [0.3, 0.4) is 0 Å². The number of unbranched alkanes of at least 4 members (excludes halogenated alkanes) is 30. The minimum absolute atomic E-state index is 1.37. The number of hydrogen-bond acceptors (Lipinski definition) is 3. The minimum Gasteiger partial charge on any atom is -0.356 e. The summed E-state index contributed by atoms with van der Waals surface area (Å²) in [4.78, 5) is 8.25. The quantitative estimate of drug-likeness (QED) is 0.0284. The first-order chi connectivity index (χ1) is 23.0.